The molecule has 1 aromatic heterocycles. The summed E-state index contributed by atoms with van der Waals surface area (Å²) in [7, 11) is 3.36. The van der Waals surface area contributed by atoms with Crippen LogP contribution in [0.4, 0.5) is 18.9 Å². The summed E-state index contributed by atoms with van der Waals surface area (Å²) in [5.41, 5.74) is 3.57. The minimum atomic E-state index is -4.41. The topological polar surface area (TPSA) is 55.9 Å². The van der Waals surface area contributed by atoms with Crippen LogP contribution in [0.15, 0.2) is 48.5 Å². The van der Waals surface area contributed by atoms with Gasteiger partial charge in [-0.25, -0.2) is 10.3 Å². The first-order valence-electron chi connectivity index (χ1n) is 10.7. The van der Waals surface area contributed by atoms with Crippen molar-refractivity contribution in [3.8, 4) is 22.8 Å². The molecule has 2 heterocycles. The molecule has 6 nitrogen and oxygen atoms in total. The van der Waals surface area contributed by atoms with E-state index in [9.17, 15) is 13.2 Å². The minimum Gasteiger partial charge on any atom is -0.497 e. The Morgan fingerprint density at radius 2 is 1.82 bits per heavy atom. The number of fused-ring (bicyclic) bond motifs is 1. The third kappa shape index (κ3) is 5.66. The summed E-state index contributed by atoms with van der Waals surface area (Å²) in [4.78, 5) is 7.15. The molecule has 0 saturated carbocycles. The van der Waals surface area contributed by atoms with Gasteiger partial charge in [-0.1, -0.05) is 0 Å². The third-order valence-corrected chi connectivity index (χ3v) is 5.66. The average molecular weight is 461 g/mol. The van der Waals surface area contributed by atoms with Crippen LogP contribution < -0.4 is 19.7 Å². The zero-order chi connectivity index (χ0) is 23.4. The second-order valence-corrected chi connectivity index (χ2v) is 7.80. The Bertz CT molecular complexity index is 1090. The van der Waals surface area contributed by atoms with Gasteiger partial charge in [0.25, 0.3) is 0 Å². The summed E-state index contributed by atoms with van der Waals surface area (Å²) in [6.45, 7) is 1.29. The smallest absolute Gasteiger partial charge is 0.457 e. The van der Waals surface area contributed by atoms with Crippen molar-refractivity contribution >= 4 is 16.6 Å². The van der Waals surface area contributed by atoms with Crippen molar-refractivity contribution < 1.29 is 27.4 Å². The van der Waals surface area contributed by atoms with Crippen LogP contribution in [0.2, 0.25) is 0 Å². The molecule has 9 heteroatoms. The average Bonchev–Trinajstić information content (AvgIpc) is 3.30. The van der Waals surface area contributed by atoms with Crippen LogP contribution in [0.5, 0.6) is 11.5 Å². The fourth-order valence-electron chi connectivity index (χ4n) is 3.95. The molecule has 4 rings (SSSR count). The quantitative estimate of drug-likeness (QED) is 0.390. The highest BCUT2D eigenvalue weighted by molar-refractivity contribution is 5.95. The molecule has 1 atom stereocenters. The summed E-state index contributed by atoms with van der Waals surface area (Å²) in [5, 5.41) is 2.47. The SMILES string of the molecule is COc1ccc2c(N3CCC(OC)C3)cc(-c3ccc(OCCNC(F)(F)F)cc3)nc2c1. The molecular weight excluding hydrogens is 435 g/mol. The van der Waals surface area contributed by atoms with Crippen molar-refractivity contribution in [1.29, 1.82) is 0 Å². The maximum Gasteiger partial charge on any atom is 0.457 e. The van der Waals surface area contributed by atoms with Crippen LogP contribution in [0, 0.1) is 0 Å². The lowest BCUT2D eigenvalue weighted by molar-refractivity contribution is -0.157. The van der Waals surface area contributed by atoms with Crippen LogP contribution in [-0.4, -0.2) is 57.8 Å². The third-order valence-electron chi connectivity index (χ3n) is 5.66. The first-order chi connectivity index (χ1) is 15.9. The number of nitrogens with one attached hydrogen (secondary N) is 1. The van der Waals surface area contributed by atoms with Crippen LogP contribution >= 0.6 is 0 Å². The Morgan fingerprint density at radius 1 is 1.06 bits per heavy atom. The number of hydrogen-bond donors (Lipinski definition) is 1. The first-order valence-corrected chi connectivity index (χ1v) is 10.7. The molecule has 176 valence electrons. The van der Waals surface area contributed by atoms with Gasteiger partial charge in [0.15, 0.2) is 0 Å². The number of alkyl halides is 3. The lowest BCUT2D eigenvalue weighted by Crippen LogP contribution is -2.34. The number of nitrogens with zero attached hydrogens (tertiary/aromatic N) is 2. The zero-order valence-corrected chi connectivity index (χ0v) is 18.5. The largest absolute Gasteiger partial charge is 0.497 e. The minimum absolute atomic E-state index is 0.0906. The molecule has 1 N–H and O–H groups in total. The van der Waals surface area contributed by atoms with Gasteiger partial charge in [0, 0.05) is 49.4 Å². The molecule has 3 aromatic rings. The predicted octanol–water partition coefficient (Wildman–Crippen LogP) is 4.62. The number of methoxy groups -OCH3 is 2. The second kappa shape index (κ2) is 9.84. The number of hydrogen-bond acceptors (Lipinski definition) is 6. The number of aromatic nitrogens is 1. The molecule has 1 aliphatic rings. The first kappa shape index (κ1) is 23.1. The van der Waals surface area contributed by atoms with Crippen LogP contribution in [0.25, 0.3) is 22.2 Å². The van der Waals surface area contributed by atoms with E-state index in [-0.39, 0.29) is 19.3 Å². The highest BCUT2D eigenvalue weighted by Crippen LogP contribution is 2.35. The van der Waals surface area contributed by atoms with E-state index in [1.165, 1.54) is 5.32 Å². The molecule has 1 unspecified atom stereocenters. The highest BCUT2D eigenvalue weighted by atomic mass is 19.4. The van der Waals surface area contributed by atoms with Crippen LogP contribution in [-0.2, 0) is 4.74 Å². The number of halogens is 3. The van der Waals surface area contributed by atoms with E-state index in [1.54, 1.807) is 26.4 Å². The highest BCUT2D eigenvalue weighted by Gasteiger charge is 2.26. The van der Waals surface area contributed by atoms with E-state index < -0.39 is 6.30 Å². The monoisotopic (exact) mass is 461 g/mol. The number of pyridine rings is 1. The van der Waals surface area contributed by atoms with Crippen molar-refractivity contribution in [3.05, 3.63) is 48.5 Å². The van der Waals surface area contributed by atoms with Crippen molar-refractivity contribution in [2.45, 2.75) is 18.8 Å². The van der Waals surface area contributed by atoms with Gasteiger partial charge in [-0.15, -0.1) is 0 Å². The summed E-state index contributed by atoms with van der Waals surface area (Å²) in [6, 6.07) is 15.1. The molecule has 1 saturated heterocycles. The van der Waals surface area contributed by atoms with Gasteiger partial charge in [-0.3, -0.25) is 0 Å². The molecule has 0 amide bonds. The van der Waals surface area contributed by atoms with Gasteiger partial charge in [0.1, 0.15) is 18.1 Å². The van der Waals surface area contributed by atoms with Crippen molar-refractivity contribution in [2.24, 2.45) is 0 Å². The molecular formula is C24H26F3N3O3. The van der Waals surface area contributed by atoms with E-state index >= 15 is 0 Å². The number of anilines is 1. The van der Waals surface area contributed by atoms with Gasteiger partial charge in [-0.05, 0) is 48.9 Å². The summed E-state index contributed by atoms with van der Waals surface area (Å²) >= 11 is 0. The molecule has 2 aromatic carbocycles. The van der Waals surface area contributed by atoms with E-state index in [2.05, 4.69) is 11.0 Å². The number of rotatable bonds is 8. The lowest BCUT2D eigenvalue weighted by Gasteiger charge is -2.22. The number of benzene rings is 2. The molecule has 0 bridgehead atoms. The Hall–Kier alpha value is -3.04. The maximum atomic E-state index is 12.2. The van der Waals surface area contributed by atoms with Gasteiger partial charge in [0.2, 0.25) is 0 Å². The summed E-state index contributed by atoms with van der Waals surface area (Å²) < 4.78 is 52.9. The second-order valence-electron chi connectivity index (χ2n) is 7.80. The van der Waals surface area contributed by atoms with E-state index in [1.807, 2.05) is 30.3 Å². The molecule has 1 aliphatic heterocycles. The van der Waals surface area contributed by atoms with Crippen molar-refractivity contribution in [1.82, 2.24) is 10.3 Å². The lowest BCUT2D eigenvalue weighted by atomic mass is 10.1. The fourth-order valence-corrected chi connectivity index (χ4v) is 3.95. The molecule has 1 fully saturated rings. The zero-order valence-electron chi connectivity index (χ0n) is 18.5. The van der Waals surface area contributed by atoms with Crippen molar-refractivity contribution in [2.75, 3.05) is 45.4 Å². The fraction of sp³-hybridized carbons (Fsp3) is 0.375. The van der Waals surface area contributed by atoms with Crippen LogP contribution in [0.3, 0.4) is 0 Å². The van der Waals surface area contributed by atoms with Gasteiger partial charge >= 0.3 is 6.30 Å². The summed E-state index contributed by atoms with van der Waals surface area (Å²) in [5.74, 6) is 1.22. The molecule has 0 radical (unpaired) electrons. The maximum absolute atomic E-state index is 12.2. The van der Waals surface area contributed by atoms with Gasteiger partial charge in [0.05, 0.1) is 24.4 Å². The Kier molecular flexibility index (Phi) is 6.90. The predicted molar refractivity (Wildman–Crippen MR) is 121 cm³/mol. The Labute approximate surface area is 190 Å². The van der Waals surface area contributed by atoms with E-state index in [0.717, 1.165) is 53.1 Å². The number of ether oxygens (including phenoxy) is 3. The van der Waals surface area contributed by atoms with E-state index in [4.69, 9.17) is 19.2 Å². The summed E-state index contributed by atoms with van der Waals surface area (Å²) in [6.07, 6.45) is -3.26. The Balaban J connectivity index is 1.59. The van der Waals surface area contributed by atoms with Gasteiger partial charge in [-0.2, -0.15) is 13.2 Å². The van der Waals surface area contributed by atoms with Gasteiger partial charge < -0.3 is 19.1 Å². The Morgan fingerprint density at radius 3 is 2.48 bits per heavy atom. The molecule has 0 spiro atoms. The van der Waals surface area contributed by atoms with Crippen molar-refractivity contribution in [3.63, 3.8) is 0 Å². The van der Waals surface area contributed by atoms with E-state index in [0.29, 0.717) is 5.75 Å². The normalized spacial score (nSPS) is 16.4. The molecule has 0 aliphatic carbocycles. The van der Waals surface area contributed by atoms with Crippen LogP contribution in [0.1, 0.15) is 6.42 Å². The standard InChI is InChI=1S/C24H26F3N3O3/c1-31-18-7-8-20-22(13-18)29-21(14-23(20)30-11-9-19(15-30)32-2)16-3-5-17(6-4-16)33-12-10-28-24(25,26)27/h3-8,13-14,19,28H,9-12,15H2,1-2H3. The molecule has 33 heavy (non-hydrogen) atoms.